The summed E-state index contributed by atoms with van der Waals surface area (Å²) in [4.78, 5) is 56.2. The zero-order valence-corrected chi connectivity index (χ0v) is 28.4. The van der Waals surface area contributed by atoms with E-state index in [4.69, 9.17) is 14.2 Å². The van der Waals surface area contributed by atoms with Crippen LogP contribution in [0.2, 0.25) is 0 Å². The van der Waals surface area contributed by atoms with Crippen molar-refractivity contribution in [1.29, 1.82) is 0 Å². The van der Waals surface area contributed by atoms with Crippen LogP contribution in [0, 0.1) is 0 Å². The molecule has 0 radical (unpaired) electrons. The Labute approximate surface area is 274 Å². The first-order chi connectivity index (χ1) is 22.1. The van der Waals surface area contributed by atoms with Gasteiger partial charge in [-0.25, -0.2) is 14.4 Å². The average molecular weight is 645 g/mol. The van der Waals surface area contributed by atoms with Crippen LogP contribution in [-0.4, -0.2) is 64.6 Å². The topological polar surface area (TPSA) is 121 Å². The molecular formula is C36H44N4O7. The predicted molar refractivity (Wildman–Crippen MR) is 181 cm³/mol. The van der Waals surface area contributed by atoms with Crippen LogP contribution >= 0.6 is 0 Å². The number of pyridine rings is 1. The summed E-state index contributed by atoms with van der Waals surface area (Å²) in [5.74, 6) is -0.616. The van der Waals surface area contributed by atoms with Crippen molar-refractivity contribution >= 4 is 45.7 Å². The lowest BCUT2D eigenvalue weighted by Crippen LogP contribution is -2.49. The minimum Gasteiger partial charge on any atom is -0.465 e. The van der Waals surface area contributed by atoms with Crippen LogP contribution in [0.4, 0.5) is 10.6 Å². The number of alkyl carbamates (subject to hydrolysis) is 1. The number of nitrogens with one attached hydrogen (secondary N) is 1. The van der Waals surface area contributed by atoms with Crippen LogP contribution in [0.1, 0.15) is 80.7 Å². The van der Waals surface area contributed by atoms with Crippen molar-refractivity contribution < 1.29 is 28.6 Å². The highest BCUT2D eigenvalue weighted by Gasteiger charge is 2.35. The molecule has 5 rings (SSSR count). The lowest BCUT2D eigenvalue weighted by molar-refractivity contribution is 0.00716. The number of nitrogens with zero attached hydrogens (tertiary/aromatic N) is 3. The highest BCUT2D eigenvalue weighted by molar-refractivity contribution is 6.19. The summed E-state index contributed by atoms with van der Waals surface area (Å²) in [6.45, 7) is 12.0. The second kappa shape index (κ2) is 12.8. The van der Waals surface area contributed by atoms with E-state index >= 15 is 0 Å². The van der Waals surface area contributed by atoms with E-state index in [9.17, 15) is 19.2 Å². The van der Waals surface area contributed by atoms with Gasteiger partial charge in [-0.05, 0) is 78.1 Å². The SMILES string of the molecule is COC(=O)c1ccc2c(c1)c1c(C(=O)OC(C)(C)C)c(N3CCC[C@@H](NC(=O)OC(C)(C)C)C3)n(Cc3ccccc3)c1c(=O)n2C. The Bertz CT molecular complexity index is 1890. The van der Waals surface area contributed by atoms with Crippen molar-refractivity contribution in [3.8, 4) is 0 Å². The van der Waals surface area contributed by atoms with E-state index in [1.54, 1.807) is 46.0 Å². The fourth-order valence-corrected chi connectivity index (χ4v) is 6.17. The lowest BCUT2D eigenvalue weighted by atomic mass is 10.0. The largest absolute Gasteiger partial charge is 0.465 e. The summed E-state index contributed by atoms with van der Waals surface area (Å²) in [6, 6.07) is 14.4. The van der Waals surface area contributed by atoms with Gasteiger partial charge in [-0.2, -0.15) is 0 Å². The molecule has 0 spiro atoms. The van der Waals surface area contributed by atoms with Crippen LogP contribution in [0.25, 0.3) is 21.8 Å². The van der Waals surface area contributed by atoms with E-state index in [-0.39, 0.29) is 29.3 Å². The van der Waals surface area contributed by atoms with Gasteiger partial charge >= 0.3 is 18.0 Å². The molecule has 11 nitrogen and oxygen atoms in total. The number of aryl methyl sites for hydroxylation is 1. The number of carbonyl (C=O) groups is 3. The molecule has 1 aliphatic heterocycles. The second-order valence-electron chi connectivity index (χ2n) is 14.0. The maximum absolute atomic E-state index is 14.4. The molecule has 4 aromatic rings. The van der Waals surface area contributed by atoms with Crippen LogP contribution < -0.4 is 15.8 Å². The number of carbonyl (C=O) groups excluding carboxylic acids is 3. The predicted octanol–water partition coefficient (Wildman–Crippen LogP) is 5.78. The fraction of sp³-hybridized carbons (Fsp3) is 0.444. The molecule has 0 bridgehead atoms. The summed E-state index contributed by atoms with van der Waals surface area (Å²) in [5, 5.41) is 3.94. The number of fused-ring (bicyclic) bond motifs is 3. The van der Waals surface area contributed by atoms with Crippen molar-refractivity contribution in [1.82, 2.24) is 14.5 Å². The number of hydrogen-bond donors (Lipinski definition) is 1. The molecule has 1 N–H and O–H groups in total. The van der Waals surface area contributed by atoms with E-state index in [1.807, 2.05) is 60.6 Å². The van der Waals surface area contributed by atoms with E-state index in [2.05, 4.69) is 5.32 Å². The second-order valence-corrected chi connectivity index (χ2v) is 14.0. The Morgan fingerprint density at radius 2 is 1.62 bits per heavy atom. The molecular weight excluding hydrogens is 600 g/mol. The van der Waals surface area contributed by atoms with Gasteiger partial charge < -0.3 is 33.6 Å². The quantitative estimate of drug-likeness (QED) is 0.207. The third-order valence-corrected chi connectivity index (χ3v) is 8.02. The Kier molecular flexibility index (Phi) is 9.12. The van der Waals surface area contributed by atoms with E-state index in [0.29, 0.717) is 53.6 Å². The molecule has 47 heavy (non-hydrogen) atoms. The highest BCUT2D eigenvalue weighted by Crippen LogP contribution is 2.39. The Morgan fingerprint density at radius 1 is 0.936 bits per heavy atom. The Balaban J connectivity index is 1.82. The first-order valence-corrected chi connectivity index (χ1v) is 15.9. The number of benzene rings is 2. The molecule has 2 aromatic heterocycles. The van der Waals surface area contributed by atoms with E-state index in [1.165, 1.54) is 11.7 Å². The van der Waals surface area contributed by atoms with Crippen molar-refractivity contribution in [3.63, 3.8) is 0 Å². The summed E-state index contributed by atoms with van der Waals surface area (Å²) < 4.78 is 20.0. The number of piperidine rings is 1. The van der Waals surface area contributed by atoms with Gasteiger partial charge in [0.25, 0.3) is 5.56 Å². The van der Waals surface area contributed by atoms with Crippen LogP contribution in [0.3, 0.4) is 0 Å². The van der Waals surface area contributed by atoms with Gasteiger partial charge in [0, 0.05) is 43.5 Å². The van der Waals surface area contributed by atoms with E-state index < -0.39 is 29.2 Å². The summed E-state index contributed by atoms with van der Waals surface area (Å²) in [7, 11) is 2.98. The van der Waals surface area contributed by atoms with Gasteiger partial charge in [0.15, 0.2) is 0 Å². The maximum Gasteiger partial charge on any atom is 0.407 e. The minimum absolute atomic E-state index is 0.230. The first-order valence-electron chi connectivity index (χ1n) is 15.9. The van der Waals surface area contributed by atoms with Gasteiger partial charge in [0.2, 0.25) is 0 Å². The van der Waals surface area contributed by atoms with Crippen LogP contribution in [0.15, 0.2) is 53.3 Å². The molecule has 250 valence electrons. The van der Waals surface area contributed by atoms with E-state index in [0.717, 1.165) is 5.56 Å². The number of aromatic nitrogens is 2. The number of rotatable bonds is 6. The number of hydrogen-bond acceptors (Lipinski definition) is 8. The van der Waals surface area contributed by atoms with Gasteiger partial charge in [-0.3, -0.25) is 4.79 Å². The average Bonchev–Trinajstić information content (AvgIpc) is 3.33. The molecule has 0 aliphatic carbocycles. The number of anilines is 1. The van der Waals surface area contributed by atoms with Gasteiger partial charge in [0.05, 0.1) is 18.2 Å². The first kappa shape index (κ1) is 33.6. The van der Waals surface area contributed by atoms with Crippen molar-refractivity contribution in [2.24, 2.45) is 7.05 Å². The molecule has 11 heteroatoms. The van der Waals surface area contributed by atoms with Crippen LogP contribution in [-0.2, 0) is 27.8 Å². The zero-order chi connectivity index (χ0) is 34.3. The summed E-state index contributed by atoms with van der Waals surface area (Å²) in [6.07, 6.45) is 0.910. The molecule has 0 unspecified atom stereocenters. The van der Waals surface area contributed by atoms with Crippen LogP contribution in [0.5, 0.6) is 0 Å². The molecule has 1 atom stereocenters. The van der Waals surface area contributed by atoms with Gasteiger partial charge in [-0.15, -0.1) is 0 Å². The smallest absolute Gasteiger partial charge is 0.407 e. The molecule has 1 fully saturated rings. The third-order valence-electron chi connectivity index (χ3n) is 8.02. The normalized spacial score (nSPS) is 15.5. The molecule has 3 heterocycles. The lowest BCUT2D eigenvalue weighted by Gasteiger charge is -2.36. The molecule has 1 aliphatic rings. The summed E-state index contributed by atoms with van der Waals surface area (Å²) >= 11 is 0. The van der Waals surface area contributed by atoms with Gasteiger partial charge in [-0.1, -0.05) is 30.3 Å². The molecule has 2 aromatic carbocycles. The number of amides is 1. The fourth-order valence-electron chi connectivity index (χ4n) is 6.17. The third kappa shape index (κ3) is 7.13. The standard InChI is InChI=1S/C36H44N4O7/c1-35(2,3)46-33(43)28-27-25-19-23(32(42)45-8)16-17-26(25)38(7)31(41)29(27)40(20-22-13-10-9-11-14-22)30(28)39-18-12-15-24(21-39)37-34(44)47-36(4,5)6/h9-11,13-14,16-17,19,24H,12,15,18,20-21H2,1-8H3,(H,37,44)/t24-/m1/s1. The number of methoxy groups -OCH3 is 1. The summed E-state index contributed by atoms with van der Waals surface area (Å²) in [5.41, 5.74) is 0.501. The zero-order valence-electron chi connectivity index (χ0n) is 28.4. The Morgan fingerprint density at radius 3 is 2.26 bits per heavy atom. The van der Waals surface area contributed by atoms with Crippen molar-refractivity contribution in [2.45, 2.75) is 78.2 Å². The number of ether oxygens (including phenoxy) is 3. The van der Waals surface area contributed by atoms with Gasteiger partial charge in [0.1, 0.15) is 28.1 Å². The molecule has 1 amide bonds. The van der Waals surface area contributed by atoms with Crippen molar-refractivity contribution in [2.75, 3.05) is 25.1 Å². The Hall–Kier alpha value is -4.80. The number of esters is 2. The molecule has 1 saturated heterocycles. The van der Waals surface area contributed by atoms with Crippen molar-refractivity contribution in [3.05, 3.63) is 75.6 Å². The molecule has 0 saturated carbocycles. The monoisotopic (exact) mass is 644 g/mol. The minimum atomic E-state index is -0.836. The maximum atomic E-state index is 14.4. The highest BCUT2D eigenvalue weighted by atomic mass is 16.6.